The Balaban J connectivity index is 1.92. The second-order valence-corrected chi connectivity index (χ2v) is 4.00. The summed E-state index contributed by atoms with van der Waals surface area (Å²) in [7, 11) is 1.47. The van der Waals surface area contributed by atoms with Crippen LogP contribution in [-0.2, 0) is 9.53 Å². The Morgan fingerprint density at radius 3 is 2.79 bits per heavy atom. The number of nitrogens with zero attached hydrogens (tertiary/aromatic N) is 1. The molecule has 1 aliphatic carbocycles. The van der Waals surface area contributed by atoms with Crippen molar-refractivity contribution in [3.8, 4) is 0 Å². The molecule has 1 aliphatic heterocycles. The zero-order chi connectivity index (χ0) is 9.97. The first-order valence-corrected chi connectivity index (χ1v) is 5.31. The van der Waals surface area contributed by atoms with Gasteiger partial charge in [-0.1, -0.05) is 12.2 Å². The Hall–Kier alpha value is -0.830. The number of carbonyl (C=O) groups is 1. The van der Waals surface area contributed by atoms with Gasteiger partial charge in [-0.2, -0.15) is 0 Å². The number of hydrogen-bond donors (Lipinski definition) is 0. The summed E-state index contributed by atoms with van der Waals surface area (Å²) in [6, 6.07) is 0.606. The fraction of sp³-hybridized carbons (Fsp3) is 0.727. The van der Waals surface area contributed by atoms with Gasteiger partial charge < -0.3 is 4.74 Å². The third kappa shape index (κ3) is 1.69. The summed E-state index contributed by atoms with van der Waals surface area (Å²) >= 11 is 0. The molecule has 0 bridgehead atoms. The molecule has 0 spiro atoms. The fourth-order valence-corrected chi connectivity index (χ4v) is 2.31. The third-order valence-corrected chi connectivity index (χ3v) is 3.24. The molecule has 1 saturated heterocycles. The maximum atomic E-state index is 11.4. The van der Waals surface area contributed by atoms with Gasteiger partial charge >= 0.3 is 5.97 Å². The smallest absolute Gasteiger partial charge is 0.323 e. The van der Waals surface area contributed by atoms with Crippen molar-refractivity contribution in [3.05, 3.63) is 12.2 Å². The lowest BCUT2D eigenvalue weighted by molar-refractivity contribution is -0.154. The molecule has 3 nitrogen and oxygen atoms in total. The largest absolute Gasteiger partial charge is 0.468 e. The van der Waals surface area contributed by atoms with E-state index in [1.54, 1.807) is 0 Å². The van der Waals surface area contributed by atoms with Crippen LogP contribution >= 0.6 is 0 Å². The molecule has 0 amide bonds. The minimum Gasteiger partial charge on any atom is -0.468 e. The maximum absolute atomic E-state index is 11.4. The molecule has 1 heterocycles. The number of allylic oxidation sites excluding steroid dienone is 1. The second kappa shape index (κ2) is 4.13. The molecule has 0 aromatic rings. The normalized spacial score (nSPS) is 32.4. The molecule has 2 aliphatic rings. The highest BCUT2D eigenvalue weighted by Crippen LogP contribution is 2.27. The predicted molar refractivity (Wildman–Crippen MR) is 53.9 cm³/mol. The lowest BCUT2D eigenvalue weighted by Gasteiger charge is -2.44. The van der Waals surface area contributed by atoms with Crippen LogP contribution in [-0.4, -0.2) is 36.6 Å². The number of likely N-dealkylation sites (tertiary alicyclic amines) is 1. The van der Waals surface area contributed by atoms with Crippen LogP contribution in [0, 0.1) is 0 Å². The highest BCUT2D eigenvalue weighted by Gasteiger charge is 2.38. The second-order valence-electron chi connectivity index (χ2n) is 4.00. The van der Waals surface area contributed by atoms with Gasteiger partial charge in [-0.25, -0.2) is 0 Å². The van der Waals surface area contributed by atoms with E-state index in [4.69, 9.17) is 4.74 Å². The standard InChI is InChI=1S/C11H17NO2/c1-14-11(13)10-7-8-12(10)9-5-3-2-4-6-9/h2-3,9-10H,4-8H2,1H3. The first-order valence-electron chi connectivity index (χ1n) is 5.31. The number of rotatable bonds is 2. The van der Waals surface area contributed by atoms with Crippen LogP contribution in [0.15, 0.2) is 12.2 Å². The molecule has 0 saturated carbocycles. The van der Waals surface area contributed by atoms with E-state index in [2.05, 4.69) is 17.1 Å². The van der Waals surface area contributed by atoms with Crippen LogP contribution < -0.4 is 0 Å². The van der Waals surface area contributed by atoms with Crippen molar-refractivity contribution < 1.29 is 9.53 Å². The summed E-state index contributed by atoms with van der Waals surface area (Å²) < 4.78 is 4.78. The molecule has 1 fully saturated rings. The summed E-state index contributed by atoms with van der Waals surface area (Å²) in [5.74, 6) is -0.0641. The zero-order valence-corrected chi connectivity index (χ0v) is 8.61. The van der Waals surface area contributed by atoms with Crippen LogP contribution in [0.5, 0.6) is 0 Å². The summed E-state index contributed by atoms with van der Waals surface area (Å²) in [5, 5.41) is 0. The summed E-state index contributed by atoms with van der Waals surface area (Å²) in [5.41, 5.74) is 0. The van der Waals surface area contributed by atoms with Crippen molar-refractivity contribution in [3.63, 3.8) is 0 Å². The van der Waals surface area contributed by atoms with E-state index in [1.807, 2.05) is 0 Å². The van der Waals surface area contributed by atoms with Gasteiger partial charge in [0, 0.05) is 12.6 Å². The molecule has 0 radical (unpaired) electrons. The minimum absolute atomic E-state index is 0.0384. The summed E-state index contributed by atoms with van der Waals surface area (Å²) in [4.78, 5) is 13.7. The first kappa shape index (κ1) is 9.71. The van der Waals surface area contributed by atoms with Crippen molar-refractivity contribution in [2.45, 2.75) is 37.8 Å². The zero-order valence-electron chi connectivity index (χ0n) is 8.61. The molecule has 2 unspecified atom stereocenters. The van der Waals surface area contributed by atoms with E-state index >= 15 is 0 Å². The van der Waals surface area contributed by atoms with Crippen LogP contribution in [0.1, 0.15) is 25.7 Å². The lowest BCUT2D eigenvalue weighted by atomic mass is 9.93. The van der Waals surface area contributed by atoms with Crippen molar-refractivity contribution >= 4 is 5.97 Å². The Kier molecular flexibility index (Phi) is 2.87. The van der Waals surface area contributed by atoms with E-state index < -0.39 is 0 Å². The number of hydrogen-bond acceptors (Lipinski definition) is 3. The van der Waals surface area contributed by atoms with Gasteiger partial charge in [0.1, 0.15) is 6.04 Å². The number of ether oxygens (including phenoxy) is 1. The lowest BCUT2D eigenvalue weighted by Crippen LogP contribution is -2.57. The van der Waals surface area contributed by atoms with E-state index in [0.717, 1.165) is 25.8 Å². The highest BCUT2D eigenvalue weighted by molar-refractivity contribution is 5.76. The molecule has 78 valence electrons. The molecule has 2 atom stereocenters. The van der Waals surface area contributed by atoms with Crippen LogP contribution in [0.3, 0.4) is 0 Å². The summed E-state index contributed by atoms with van der Waals surface area (Å²) in [6.07, 6.45) is 8.84. The molecule has 0 aromatic heterocycles. The SMILES string of the molecule is COC(=O)C1CCN1C1CC=CCC1. The molecule has 0 aromatic carbocycles. The minimum atomic E-state index is -0.0641. The third-order valence-electron chi connectivity index (χ3n) is 3.24. The Labute approximate surface area is 84.7 Å². The summed E-state index contributed by atoms with van der Waals surface area (Å²) in [6.45, 7) is 1.05. The number of carbonyl (C=O) groups excluding carboxylic acids is 1. The van der Waals surface area contributed by atoms with Gasteiger partial charge in [0.05, 0.1) is 7.11 Å². The number of esters is 1. The Morgan fingerprint density at radius 2 is 2.29 bits per heavy atom. The molecular weight excluding hydrogens is 178 g/mol. The molecule has 0 N–H and O–H groups in total. The molecule has 14 heavy (non-hydrogen) atoms. The van der Waals surface area contributed by atoms with E-state index in [-0.39, 0.29) is 12.0 Å². The monoisotopic (exact) mass is 195 g/mol. The Morgan fingerprint density at radius 1 is 1.43 bits per heavy atom. The topological polar surface area (TPSA) is 29.5 Å². The average molecular weight is 195 g/mol. The molecule has 3 heteroatoms. The molecule has 2 rings (SSSR count). The van der Waals surface area contributed by atoms with Crippen LogP contribution in [0.25, 0.3) is 0 Å². The first-order chi connectivity index (χ1) is 6.83. The van der Waals surface area contributed by atoms with Gasteiger partial charge in [0.2, 0.25) is 0 Å². The van der Waals surface area contributed by atoms with Crippen molar-refractivity contribution in [2.75, 3.05) is 13.7 Å². The predicted octanol–water partition coefficient (Wildman–Crippen LogP) is 1.34. The van der Waals surface area contributed by atoms with Crippen molar-refractivity contribution in [1.29, 1.82) is 0 Å². The molecular formula is C11H17NO2. The van der Waals surface area contributed by atoms with Crippen LogP contribution in [0.2, 0.25) is 0 Å². The van der Waals surface area contributed by atoms with Gasteiger partial charge in [0.25, 0.3) is 0 Å². The fourth-order valence-electron chi connectivity index (χ4n) is 2.31. The van der Waals surface area contributed by atoms with E-state index in [0.29, 0.717) is 6.04 Å². The van der Waals surface area contributed by atoms with Gasteiger partial charge in [-0.15, -0.1) is 0 Å². The highest BCUT2D eigenvalue weighted by atomic mass is 16.5. The van der Waals surface area contributed by atoms with Crippen molar-refractivity contribution in [2.24, 2.45) is 0 Å². The Bertz CT molecular complexity index is 250. The quantitative estimate of drug-likeness (QED) is 0.492. The van der Waals surface area contributed by atoms with Gasteiger partial charge in [-0.05, 0) is 25.7 Å². The van der Waals surface area contributed by atoms with E-state index in [9.17, 15) is 4.79 Å². The van der Waals surface area contributed by atoms with Crippen LogP contribution in [0.4, 0.5) is 0 Å². The average Bonchev–Trinajstić information content (AvgIpc) is 2.17. The van der Waals surface area contributed by atoms with Gasteiger partial charge in [0.15, 0.2) is 0 Å². The van der Waals surface area contributed by atoms with Gasteiger partial charge in [-0.3, -0.25) is 9.69 Å². The van der Waals surface area contributed by atoms with E-state index in [1.165, 1.54) is 13.5 Å². The van der Waals surface area contributed by atoms with Crippen molar-refractivity contribution in [1.82, 2.24) is 4.90 Å². The number of methoxy groups -OCH3 is 1. The maximum Gasteiger partial charge on any atom is 0.323 e.